The average molecular weight is 367 g/mol. The zero-order valence-corrected chi connectivity index (χ0v) is 14.9. The van der Waals surface area contributed by atoms with Crippen molar-refractivity contribution in [2.24, 2.45) is 0 Å². The molecule has 0 radical (unpaired) electrons. The minimum atomic E-state index is -0.445. The zero-order chi connectivity index (χ0) is 17.9. The standard InChI is InChI=1S/C18H17N5O2S/c1-2-25-17(24)15-14(12-6-4-3-5-7-12)22-23-16(20-21-18(23)26-15)13-8-10-19-11-9-13/h3-11,14-15,22H,2H2,1H3/t14-,15-/m1/s1. The van der Waals surface area contributed by atoms with Gasteiger partial charge in [-0.1, -0.05) is 42.1 Å². The predicted molar refractivity (Wildman–Crippen MR) is 98.1 cm³/mol. The lowest BCUT2D eigenvalue weighted by molar-refractivity contribution is -0.142. The quantitative estimate of drug-likeness (QED) is 0.710. The summed E-state index contributed by atoms with van der Waals surface area (Å²) in [5.41, 5.74) is 5.29. The number of esters is 1. The Morgan fingerprint density at radius 1 is 1.19 bits per heavy atom. The lowest BCUT2D eigenvalue weighted by Gasteiger charge is -2.32. The van der Waals surface area contributed by atoms with E-state index in [9.17, 15) is 4.79 Å². The van der Waals surface area contributed by atoms with E-state index in [1.54, 1.807) is 19.3 Å². The molecule has 7 nitrogen and oxygen atoms in total. The van der Waals surface area contributed by atoms with Crippen molar-refractivity contribution in [3.63, 3.8) is 0 Å². The molecule has 3 heterocycles. The molecule has 132 valence electrons. The van der Waals surface area contributed by atoms with Gasteiger partial charge in [0.1, 0.15) is 5.25 Å². The van der Waals surface area contributed by atoms with Crippen molar-refractivity contribution in [2.75, 3.05) is 12.0 Å². The van der Waals surface area contributed by atoms with Crippen LogP contribution >= 0.6 is 11.8 Å². The number of benzene rings is 1. The van der Waals surface area contributed by atoms with Gasteiger partial charge in [0.05, 0.1) is 12.6 Å². The first-order valence-electron chi connectivity index (χ1n) is 8.28. The van der Waals surface area contributed by atoms with Gasteiger partial charge in [0.15, 0.2) is 5.82 Å². The summed E-state index contributed by atoms with van der Waals surface area (Å²) in [5, 5.41) is 8.71. The van der Waals surface area contributed by atoms with Crippen LogP contribution in [0, 0.1) is 0 Å². The van der Waals surface area contributed by atoms with Gasteiger partial charge in [0, 0.05) is 18.0 Å². The van der Waals surface area contributed by atoms with Crippen LogP contribution in [-0.4, -0.2) is 37.7 Å². The molecule has 0 saturated heterocycles. The molecule has 2 atom stereocenters. The number of ether oxygens (including phenoxy) is 1. The Bertz CT molecular complexity index is 900. The molecule has 0 bridgehead atoms. The Morgan fingerprint density at radius 2 is 1.96 bits per heavy atom. The van der Waals surface area contributed by atoms with E-state index in [0.717, 1.165) is 11.1 Å². The molecule has 0 fully saturated rings. The van der Waals surface area contributed by atoms with Gasteiger partial charge in [-0.25, -0.2) is 4.68 Å². The van der Waals surface area contributed by atoms with Gasteiger partial charge in [-0.3, -0.25) is 9.78 Å². The molecule has 3 aromatic rings. The van der Waals surface area contributed by atoms with E-state index < -0.39 is 5.25 Å². The first-order chi connectivity index (χ1) is 12.8. The number of carbonyl (C=O) groups is 1. The lowest BCUT2D eigenvalue weighted by Crippen LogP contribution is -2.39. The van der Waals surface area contributed by atoms with E-state index in [4.69, 9.17) is 4.74 Å². The van der Waals surface area contributed by atoms with Crippen LogP contribution in [0.3, 0.4) is 0 Å². The Kier molecular flexibility index (Phi) is 4.57. The second-order valence-electron chi connectivity index (χ2n) is 5.69. The Labute approximate surface area is 154 Å². The van der Waals surface area contributed by atoms with Crippen molar-refractivity contribution < 1.29 is 9.53 Å². The number of hydrogen-bond donors (Lipinski definition) is 1. The van der Waals surface area contributed by atoms with E-state index >= 15 is 0 Å². The molecular weight excluding hydrogens is 350 g/mol. The summed E-state index contributed by atoms with van der Waals surface area (Å²) >= 11 is 1.36. The smallest absolute Gasteiger partial charge is 0.322 e. The first-order valence-corrected chi connectivity index (χ1v) is 9.16. The number of pyridine rings is 1. The fourth-order valence-electron chi connectivity index (χ4n) is 2.86. The molecule has 0 unspecified atom stereocenters. The van der Waals surface area contributed by atoms with Crippen molar-refractivity contribution in [1.82, 2.24) is 19.9 Å². The van der Waals surface area contributed by atoms with Crippen molar-refractivity contribution in [3.8, 4) is 11.4 Å². The summed E-state index contributed by atoms with van der Waals surface area (Å²) in [5.74, 6) is 0.414. The maximum atomic E-state index is 12.5. The minimum Gasteiger partial charge on any atom is -0.465 e. The molecule has 2 aromatic heterocycles. The maximum Gasteiger partial charge on any atom is 0.322 e. The largest absolute Gasteiger partial charge is 0.465 e. The summed E-state index contributed by atoms with van der Waals surface area (Å²) in [7, 11) is 0. The fourth-order valence-corrected chi connectivity index (χ4v) is 3.94. The van der Waals surface area contributed by atoms with Crippen molar-refractivity contribution in [3.05, 3.63) is 60.4 Å². The number of thioether (sulfide) groups is 1. The Morgan fingerprint density at radius 3 is 2.69 bits per heavy atom. The summed E-state index contributed by atoms with van der Waals surface area (Å²) < 4.78 is 7.10. The lowest BCUT2D eigenvalue weighted by atomic mass is 10.0. The normalized spacial score (nSPS) is 18.7. The highest BCUT2D eigenvalue weighted by atomic mass is 32.2. The van der Waals surface area contributed by atoms with Crippen LogP contribution in [0.5, 0.6) is 0 Å². The van der Waals surface area contributed by atoms with E-state index in [-0.39, 0.29) is 12.0 Å². The number of nitrogens with one attached hydrogen (secondary N) is 1. The van der Waals surface area contributed by atoms with E-state index in [0.29, 0.717) is 17.6 Å². The summed E-state index contributed by atoms with van der Waals surface area (Å²) in [6.45, 7) is 2.15. The third-order valence-electron chi connectivity index (χ3n) is 4.05. The molecule has 0 aliphatic carbocycles. The van der Waals surface area contributed by atoms with Crippen LogP contribution in [0.1, 0.15) is 18.5 Å². The number of rotatable bonds is 4. The van der Waals surface area contributed by atoms with Crippen LogP contribution in [0.15, 0.2) is 60.0 Å². The van der Waals surface area contributed by atoms with Gasteiger partial charge in [0.25, 0.3) is 0 Å². The second-order valence-corrected chi connectivity index (χ2v) is 6.79. The van der Waals surface area contributed by atoms with Crippen molar-refractivity contribution in [2.45, 2.75) is 23.4 Å². The number of aromatic nitrogens is 4. The number of fused-ring (bicyclic) bond motifs is 1. The van der Waals surface area contributed by atoms with Gasteiger partial charge in [0.2, 0.25) is 5.16 Å². The zero-order valence-electron chi connectivity index (χ0n) is 14.1. The van der Waals surface area contributed by atoms with Crippen LogP contribution in [0.25, 0.3) is 11.4 Å². The number of nitrogens with zero attached hydrogens (tertiary/aromatic N) is 4. The van der Waals surface area contributed by atoms with Gasteiger partial charge in [-0.2, -0.15) is 0 Å². The molecule has 0 amide bonds. The van der Waals surface area contributed by atoms with Gasteiger partial charge < -0.3 is 10.2 Å². The molecule has 0 spiro atoms. The highest BCUT2D eigenvalue weighted by Gasteiger charge is 2.38. The Balaban J connectivity index is 1.75. The molecule has 1 N–H and O–H groups in total. The molecule has 26 heavy (non-hydrogen) atoms. The van der Waals surface area contributed by atoms with Crippen LogP contribution in [-0.2, 0) is 9.53 Å². The highest BCUT2D eigenvalue weighted by Crippen LogP contribution is 2.38. The number of hydrogen-bond acceptors (Lipinski definition) is 7. The molecule has 4 rings (SSSR count). The van der Waals surface area contributed by atoms with Crippen LogP contribution in [0.2, 0.25) is 0 Å². The van der Waals surface area contributed by atoms with E-state index in [1.165, 1.54) is 11.8 Å². The van der Waals surface area contributed by atoms with Crippen molar-refractivity contribution >= 4 is 17.7 Å². The van der Waals surface area contributed by atoms with E-state index in [2.05, 4.69) is 20.6 Å². The van der Waals surface area contributed by atoms with Gasteiger partial charge in [-0.05, 0) is 24.6 Å². The van der Waals surface area contributed by atoms with Crippen molar-refractivity contribution in [1.29, 1.82) is 0 Å². The Hall–Kier alpha value is -2.87. The molecular formula is C18H17N5O2S. The third kappa shape index (κ3) is 3.03. The topological polar surface area (TPSA) is 81.9 Å². The SMILES string of the molecule is CCOC(=O)[C@@H]1Sc2nnc(-c3ccncc3)n2N[C@@H]1c1ccccc1. The minimum absolute atomic E-state index is 0.260. The monoisotopic (exact) mass is 367 g/mol. The molecule has 1 aromatic carbocycles. The predicted octanol–water partition coefficient (Wildman–Crippen LogP) is 2.66. The summed E-state index contributed by atoms with van der Waals surface area (Å²) in [4.78, 5) is 16.6. The first kappa shape index (κ1) is 16.6. The van der Waals surface area contributed by atoms with Gasteiger partial charge >= 0.3 is 5.97 Å². The number of carbonyl (C=O) groups excluding carboxylic acids is 1. The van der Waals surface area contributed by atoms with Gasteiger partial charge in [-0.15, -0.1) is 10.2 Å². The fraction of sp³-hybridized carbons (Fsp3) is 0.222. The summed E-state index contributed by atoms with van der Waals surface area (Å²) in [6, 6.07) is 13.3. The second kappa shape index (κ2) is 7.17. The molecule has 0 saturated carbocycles. The maximum absolute atomic E-state index is 12.5. The third-order valence-corrected chi connectivity index (χ3v) is 5.25. The molecule has 8 heteroatoms. The summed E-state index contributed by atoms with van der Waals surface area (Å²) in [6.07, 6.45) is 3.42. The highest BCUT2D eigenvalue weighted by molar-refractivity contribution is 8.00. The van der Waals surface area contributed by atoms with Crippen LogP contribution in [0.4, 0.5) is 0 Å². The molecule has 1 aliphatic heterocycles. The average Bonchev–Trinajstić information content (AvgIpc) is 3.11. The molecule has 1 aliphatic rings. The van der Waals surface area contributed by atoms with E-state index in [1.807, 2.05) is 47.1 Å². The van der Waals surface area contributed by atoms with Crippen LogP contribution < -0.4 is 5.43 Å².